The summed E-state index contributed by atoms with van der Waals surface area (Å²) >= 11 is 0. The Morgan fingerprint density at radius 3 is 2.50 bits per heavy atom. The Hall–Kier alpha value is -1.60. The quantitative estimate of drug-likeness (QED) is 0.313. The zero-order chi connectivity index (χ0) is 25.4. The second kappa shape index (κ2) is 10.3. The molecular weight excluding hydrogens is 486 g/mol. The summed E-state index contributed by atoms with van der Waals surface area (Å²) in [6.07, 6.45) is 7.89. The first-order valence-corrected chi connectivity index (χ1v) is 14.4. The molecule has 11 heteroatoms. The van der Waals surface area contributed by atoms with Gasteiger partial charge in [0.15, 0.2) is 0 Å². The molecular formula is C25H37N3O7S. The van der Waals surface area contributed by atoms with Gasteiger partial charge in [0, 0.05) is 24.1 Å². The number of ether oxygens (including phenoxy) is 2. The number of anilines is 1. The Balaban J connectivity index is 1.50. The third kappa shape index (κ3) is 4.38. The van der Waals surface area contributed by atoms with Crippen LogP contribution in [0.25, 0.3) is 0 Å². The van der Waals surface area contributed by atoms with Crippen LogP contribution in [0.2, 0.25) is 0 Å². The molecule has 5 rings (SSSR count). The van der Waals surface area contributed by atoms with Gasteiger partial charge < -0.3 is 20.1 Å². The van der Waals surface area contributed by atoms with Gasteiger partial charge in [-0.1, -0.05) is 25.7 Å². The van der Waals surface area contributed by atoms with E-state index >= 15 is 0 Å². The van der Waals surface area contributed by atoms with Crippen LogP contribution in [0.4, 0.5) is 5.69 Å². The maximum Gasteiger partial charge on any atom is 0.292 e. The molecule has 2 N–H and O–H groups in total. The Bertz CT molecular complexity index is 1070. The SMILES string of the molecule is COOC[C@@H]1CCCN1S(=O)(=O)c1ccc2c(c1)C1(OCCO1)C(=O)N2CC1(CN)CCCCCC1. The lowest BCUT2D eigenvalue weighted by molar-refractivity contribution is -0.277. The highest BCUT2D eigenvalue weighted by Gasteiger charge is 2.57. The van der Waals surface area contributed by atoms with Gasteiger partial charge in [-0.3, -0.25) is 4.79 Å². The Morgan fingerprint density at radius 1 is 1.11 bits per heavy atom. The van der Waals surface area contributed by atoms with E-state index in [-0.39, 0.29) is 42.1 Å². The zero-order valence-electron chi connectivity index (χ0n) is 20.9. The van der Waals surface area contributed by atoms with Gasteiger partial charge in [0.1, 0.15) is 0 Å². The first-order valence-electron chi connectivity index (χ1n) is 13.0. The third-order valence-corrected chi connectivity index (χ3v) is 10.2. The van der Waals surface area contributed by atoms with Gasteiger partial charge in [0.05, 0.1) is 43.6 Å². The number of sulfonamides is 1. The first kappa shape index (κ1) is 26.0. The summed E-state index contributed by atoms with van der Waals surface area (Å²) in [7, 11) is -2.43. The van der Waals surface area contributed by atoms with Crippen LogP contribution in [-0.4, -0.2) is 71.2 Å². The molecule has 1 spiro atoms. The molecule has 10 nitrogen and oxygen atoms in total. The molecule has 0 radical (unpaired) electrons. The molecule has 36 heavy (non-hydrogen) atoms. The second-order valence-electron chi connectivity index (χ2n) is 10.4. The van der Waals surface area contributed by atoms with Crippen molar-refractivity contribution in [2.45, 2.75) is 68.1 Å². The number of hydrogen-bond acceptors (Lipinski definition) is 8. The van der Waals surface area contributed by atoms with E-state index in [1.165, 1.54) is 24.3 Å². The summed E-state index contributed by atoms with van der Waals surface area (Å²) in [6, 6.07) is 4.55. The molecule has 1 atom stereocenters. The van der Waals surface area contributed by atoms with Crippen molar-refractivity contribution in [2.24, 2.45) is 11.1 Å². The van der Waals surface area contributed by atoms with Crippen molar-refractivity contribution in [2.75, 3.05) is 51.5 Å². The van der Waals surface area contributed by atoms with E-state index in [0.29, 0.717) is 37.3 Å². The van der Waals surface area contributed by atoms with Gasteiger partial charge in [-0.2, -0.15) is 4.31 Å². The molecule has 0 unspecified atom stereocenters. The van der Waals surface area contributed by atoms with Crippen molar-refractivity contribution in [3.05, 3.63) is 23.8 Å². The Kier molecular flexibility index (Phi) is 7.43. The van der Waals surface area contributed by atoms with Crippen LogP contribution in [0.3, 0.4) is 0 Å². The number of amides is 1. The van der Waals surface area contributed by atoms with Crippen molar-refractivity contribution >= 4 is 21.6 Å². The lowest BCUT2D eigenvalue weighted by atomic mass is 9.80. The number of nitrogens with two attached hydrogens (primary N) is 1. The number of rotatable bonds is 8. The standard InChI is InChI=1S/C25H37N3O7S/c1-32-35-16-19-7-6-12-28(19)36(30,31)20-8-9-22-21(15-20)25(33-13-14-34-25)23(29)27(22)18-24(17-26)10-4-2-3-5-11-24/h8-9,15,19H,2-7,10-14,16-18,26H2,1H3/t19-/m0/s1. The molecule has 2 saturated heterocycles. The van der Waals surface area contributed by atoms with E-state index in [2.05, 4.69) is 0 Å². The minimum atomic E-state index is -3.83. The lowest BCUT2D eigenvalue weighted by Gasteiger charge is -2.36. The van der Waals surface area contributed by atoms with Crippen molar-refractivity contribution in [3.63, 3.8) is 0 Å². The van der Waals surface area contributed by atoms with Crippen molar-refractivity contribution in [1.82, 2.24) is 4.31 Å². The Labute approximate surface area is 213 Å². The molecule has 3 aliphatic heterocycles. The molecule has 200 valence electrons. The summed E-state index contributed by atoms with van der Waals surface area (Å²) in [5.41, 5.74) is 7.20. The monoisotopic (exact) mass is 523 g/mol. The Morgan fingerprint density at radius 2 is 1.83 bits per heavy atom. The van der Waals surface area contributed by atoms with Crippen LogP contribution in [-0.2, 0) is 39.9 Å². The first-order chi connectivity index (χ1) is 17.4. The van der Waals surface area contributed by atoms with Crippen LogP contribution in [0.1, 0.15) is 56.9 Å². The van der Waals surface area contributed by atoms with Crippen molar-refractivity contribution in [1.29, 1.82) is 0 Å². The molecule has 0 aromatic heterocycles. The molecule has 3 fully saturated rings. The fourth-order valence-corrected chi connectivity index (χ4v) is 7.95. The summed E-state index contributed by atoms with van der Waals surface area (Å²) in [6.45, 7) is 2.05. The average Bonchev–Trinajstić information content (AvgIpc) is 3.57. The minimum absolute atomic E-state index is 0.113. The maximum absolute atomic E-state index is 13.8. The van der Waals surface area contributed by atoms with E-state index in [9.17, 15) is 13.2 Å². The van der Waals surface area contributed by atoms with Gasteiger partial charge in [-0.25, -0.2) is 18.2 Å². The number of hydrogen-bond donors (Lipinski definition) is 1. The number of carbonyl (C=O) groups excluding carboxylic acids is 1. The van der Waals surface area contributed by atoms with E-state index in [1.807, 2.05) is 0 Å². The fraction of sp³-hybridized carbons (Fsp3) is 0.720. The molecule has 1 aromatic rings. The molecule has 1 saturated carbocycles. The molecule has 1 aliphatic carbocycles. The lowest BCUT2D eigenvalue weighted by Crippen LogP contribution is -2.48. The van der Waals surface area contributed by atoms with Gasteiger partial charge in [0.25, 0.3) is 11.7 Å². The normalized spacial score (nSPS) is 26.0. The number of carbonyl (C=O) groups is 1. The van der Waals surface area contributed by atoms with Crippen LogP contribution in [0, 0.1) is 5.41 Å². The van der Waals surface area contributed by atoms with Gasteiger partial charge in [-0.05, 0) is 50.4 Å². The highest BCUT2D eigenvalue weighted by Crippen LogP contribution is 2.49. The van der Waals surface area contributed by atoms with E-state index in [0.717, 1.165) is 32.1 Å². The predicted molar refractivity (Wildman–Crippen MR) is 131 cm³/mol. The largest absolute Gasteiger partial charge is 0.336 e. The summed E-state index contributed by atoms with van der Waals surface area (Å²) < 4.78 is 40.6. The van der Waals surface area contributed by atoms with E-state index in [1.54, 1.807) is 23.1 Å². The molecule has 1 aromatic carbocycles. The minimum Gasteiger partial charge on any atom is -0.336 e. The zero-order valence-corrected chi connectivity index (χ0v) is 21.8. The van der Waals surface area contributed by atoms with Crippen molar-refractivity contribution in [3.8, 4) is 0 Å². The summed E-state index contributed by atoms with van der Waals surface area (Å²) in [5, 5.41) is 0. The van der Waals surface area contributed by atoms with Crippen LogP contribution < -0.4 is 10.6 Å². The highest BCUT2D eigenvalue weighted by molar-refractivity contribution is 7.89. The van der Waals surface area contributed by atoms with E-state index < -0.39 is 15.8 Å². The maximum atomic E-state index is 13.8. The van der Waals surface area contributed by atoms with Gasteiger partial charge >= 0.3 is 0 Å². The topological polar surface area (TPSA) is 121 Å². The average molecular weight is 524 g/mol. The molecule has 0 bridgehead atoms. The predicted octanol–water partition coefficient (Wildman–Crippen LogP) is 2.26. The van der Waals surface area contributed by atoms with Crippen LogP contribution in [0.15, 0.2) is 23.1 Å². The summed E-state index contributed by atoms with van der Waals surface area (Å²) in [4.78, 5) is 25.4. The smallest absolute Gasteiger partial charge is 0.292 e. The number of benzene rings is 1. The van der Waals surface area contributed by atoms with Crippen molar-refractivity contribution < 1.29 is 32.5 Å². The van der Waals surface area contributed by atoms with Crippen LogP contribution >= 0.6 is 0 Å². The van der Waals surface area contributed by atoms with Gasteiger partial charge in [-0.15, -0.1) is 0 Å². The molecule has 4 aliphatic rings. The fourth-order valence-electron chi connectivity index (χ4n) is 6.24. The second-order valence-corrected chi connectivity index (χ2v) is 12.3. The third-order valence-electron chi connectivity index (χ3n) is 8.23. The van der Waals surface area contributed by atoms with E-state index in [4.69, 9.17) is 25.0 Å². The van der Waals surface area contributed by atoms with Gasteiger partial charge in [0.2, 0.25) is 10.0 Å². The number of fused-ring (bicyclic) bond motifs is 2. The van der Waals surface area contributed by atoms with Crippen LogP contribution in [0.5, 0.6) is 0 Å². The molecule has 3 heterocycles. The highest BCUT2D eigenvalue weighted by atomic mass is 32.2. The molecule has 1 amide bonds. The number of nitrogens with zero attached hydrogens (tertiary/aromatic N) is 2. The summed E-state index contributed by atoms with van der Waals surface area (Å²) in [5.74, 6) is -1.90.